The minimum atomic E-state index is -0.387. The fourth-order valence-electron chi connectivity index (χ4n) is 1.26. The number of rotatable bonds is 6. The molecule has 1 aromatic carbocycles. The first-order chi connectivity index (χ1) is 7.29. The van der Waals surface area contributed by atoms with Gasteiger partial charge in [0.1, 0.15) is 0 Å². The highest BCUT2D eigenvalue weighted by Gasteiger charge is 2.07. The van der Waals surface area contributed by atoms with Gasteiger partial charge in [-0.05, 0) is 18.9 Å². The second-order valence-corrected chi connectivity index (χ2v) is 3.21. The van der Waals surface area contributed by atoms with Crippen LogP contribution in [-0.4, -0.2) is 18.3 Å². The Morgan fingerprint density at radius 1 is 1.33 bits per heavy atom. The Morgan fingerprint density at radius 3 is 2.80 bits per heavy atom. The number of hydrogen-bond acceptors (Lipinski definition) is 3. The lowest BCUT2D eigenvalue weighted by Gasteiger charge is -2.10. The molecule has 0 aromatic heterocycles. The van der Waals surface area contributed by atoms with Gasteiger partial charge in [0.25, 0.3) is 0 Å². The summed E-state index contributed by atoms with van der Waals surface area (Å²) in [6, 6.07) is 4.70. The number of para-hydroxylation sites is 1. The normalized spacial score (nSPS) is 10.3. The van der Waals surface area contributed by atoms with Gasteiger partial charge in [-0.2, -0.15) is 0 Å². The van der Waals surface area contributed by atoms with Gasteiger partial charge < -0.3 is 15.6 Å². The van der Waals surface area contributed by atoms with E-state index in [1.165, 1.54) is 6.07 Å². The summed E-state index contributed by atoms with van der Waals surface area (Å²) in [6.07, 6.45) is 1.36. The van der Waals surface area contributed by atoms with Crippen molar-refractivity contribution in [3.8, 4) is 5.75 Å². The van der Waals surface area contributed by atoms with E-state index in [1.807, 2.05) is 0 Å². The molecule has 0 saturated heterocycles. The highest BCUT2D eigenvalue weighted by Crippen LogP contribution is 2.22. The molecule has 84 valence electrons. The molecule has 4 heteroatoms. The Bertz CT molecular complexity index is 305. The van der Waals surface area contributed by atoms with Gasteiger partial charge in [0.05, 0.1) is 6.61 Å². The first-order valence-corrected chi connectivity index (χ1v) is 5.00. The monoisotopic (exact) mass is 213 g/mol. The number of ether oxygens (including phenoxy) is 1. The van der Waals surface area contributed by atoms with Crippen LogP contribution in [0.3, 0.4) is 0 Å². The van der Waals surface area contributed by atoms with Crippen LogP contribution in [0.5, 0.6) is 5.75 Å². The molecule has 15 heavy (non-hydrogen) atoms. The van der Waals surface area contributed by atoms with Gasteiger partial charge in [0, 0.05) is 18.7 Å². The molecular formula is C11H16FNO2. The molecule has 0 bridgehead atoms. The van der Waals surface area contributed by atoms with Crippen LogP contribution in [-0.2, 0) is 6.54 Å². The second kappa shape index (κ2) is 6.37. The van der Waals surface area contributed by atoms with E-state index in [2.05, 4.69) is 0 Å². The lowest BCUT2D eigenvalue weighted by molar-refractivity contribution is 0.247. The number of aliphatic hydroxyl groups excluding tert-OH is 1. The van der Waals surface area contributed by atoms with E-state index in [0.29, 0.717) is 25.0 Å². The maximum absolute atomic E-state index is 13.3. The van der Waals surface area contributed by atoms with Crippen LogP contribution in [0.25, 0.3) is 0 Å². The third-order valence-corrected chi connectivity index (χ3v) is 2.07. The van der Waals surface area contributed by atoms with Crippen LogP contribution in [0, 0.1) is 5.82 Å². The van der Waals surface area contributed by atoms with Crippen molar-refractivity contribution >= 4 is 0 Å². The third-order valence-electron chi connectivity index (χ3n) is 2.07. The van der Waals surface area contributed by atoms with Gasteiger partial charge in [0.2, 0.25) is 0 Å². The summed E-state index contributed by atoms with van der Waals surface area (Å²) in [7, 11) is 0. The van der Waals surface area contributed by atoms with Gasteiger partial charge >= 0.3 is 0 Å². The fraction of sp³-hybridized carbons (Fsp3) is 0.455. The Balaban J connectivity index is 2.58. The molecule has 0 atom stereocenters. The van der Waals surface area contributed by atoms with E-state index in [9.17, 15) is 4.39 Å². The number of hydrogen-bond donors (Lipinski definition) is 2. The highest BCUT2D eigenvalue weighted by atomic mass is 19.1. The minimum absolute atomic E-state index is 0.129. The minimum Gasteiger partial charge on any atom is -0.490 e. The average Bonchev–Trinajstić information content (AvgIpc) is 2.26. The Hall–Kier alpha value is -1.13. The molecule has 0 saturated carbocycles. The van der Waals surface area contributed by atoms with Gasteiger partial charge in [0.15, 0.2) is 11.6 Å². The molecule has 0 aliphatic rings. The van der Waals surface area contributed by atoms with E-state index < -0.39 is 0 Å². The zero-order valence-electron chi connectivity index (χ0n) is 8.58. The van der Waals surface area contributed by atoms with Crippen LogP contribution < -0.4 is 10.5 Å². The molecule has 0 radical (unpaired) electrons. The van der Waals surface area contributed by atoms with E-state index in [0.717, 1.165) is 0 Å². The van der Waals surface area contributed by atoms with Crippen LogP contribution in [0.4, 0.5) is 4.39 Å². The van der Waals surface area contributed by atoms with E-state index >= 15 is 0 Å². The summed E-state index contributed by atoms with van der Waals surface area (Å²) >= 11 is 0. The zero-order chi connectivity index (χ0) is 11.1. The number of benzene rings is 1. The quantitative estimate of drug-likeness (QED) is 0.703. The molecule has 0 heterocycles. The van der Waals surface area contributed by atoms with Crippen molar-refractivity contribution in [2.45, 2.75) is 19.4 Å². The molecule has 0 aliphatic heterocycles. The Kier molecular flexibility index (Phi) is 5.07. The fourth-order valence-corrected chi connectivity index (χ4v) is 1.26. The van der Waals surface area contributed by atoms with Crippen LogP contribution >= 0.6 is 0 Å². The first-order valence-electron chi connectivity index (χ1n) is 5.00. The number of unbranched alkanes of at least 4 members (excludes halogenated alkanes) is 1. The number of aliphatic hydroxyl groups is 1. The van der Waals surface area contributed by atoms with E-state index in [1.54, 1.807) is 12.1 Å². The molecule has 1 rings (SSSR count). The summed E-state index contributed by atoms with van der Waals surface area (Å²) in [4.78, 5) is 0. The highest BCUT2D eigenvalue weighted by molar-refractivity contribution is 5.34. The molecule has 0 unspecified atom stereocenters. The van der Waals surface area contributed by atoms with Gasteiger partial charge in [-0.15, -0.1) is 0 Å². The lowest BCUT2D eigenvalue weighted by Crippen LogP contribution is -2.06. The maximum atomic E-state index is 13.3. The smallest absolute Gasteiger partial charge is 0.165 e. The molecule has 3 nitrogen and oxygen atoms in total. The average molecular weight is 213 g/mol. The van der Waals surface area contributed by atoms with Crippen molar-refractivity contribution in [1.82, 2.24) is 0 Å². The van der Waals surface area contributed by atoms with Crippen molar-refractivity contribution < 1.29 is 14.2 Å². The number of nitrogens with two attached hydrogens (primary N) is 1. The van der Waals surface area contributed by atoms with Crippen molar-refractivity contribution in [2.24, 2.45) is 5.73 Å². The van der Waals surface area contributed by atoms with Crippen LogP contribution in [0.2, 0.25) is 0 Å². The molecule has 0 spiro atoms. The van der Waals surface area contributed by atoms with E-state index in [-0.39, 0.29) is 24.7 Å². The lowest BCUT2D eigenvalue weighted by atomic mass is 10.2. The summed E-state index contributed by atoms with van der Waals surface area (Å²) < 4.78 is 18.6. The summed E-state index contributed by atoms with van der Waals surface area (Å²) in [5, 5.41) is 8.57. The summed E-state index contributed by atoms with van der Waals surface area (Å²) in [6.45, 7) is 0.784. The molecule has 3 N–H and O–H groups in total. The SMILES string of the molecule is NCc1cccc(F)c1OCCCCO. The molecule has 1 aromatic rings. The van der Waals surface area contributed by atoms with Gasteiger partial charge in [-0.25, -0.2) is 4.39 Å². The standard InChI is InChI=1S/C11H16FNO2/c12-10-5-3-4-9(8-13)11(10)15-7-2-1-6-14/h3-5,14H,1-2,6-8,13H2. The van der Waals surface area contributed by atoms with Crippen LogP contribution in [0.15, 0.2) is 18.2 Å². The predicted molar refractivity (Wildman–Crippen MR) is 56.1 cm³/mol. The Morgan fingerprint density at radius 2 is 2.13 bits per heavy atom. The first kappa shape index (κ1) is 11.9. The molecular weight excluding hydrogens is 197 g/mol. The van der Waals surface area contributed by atoms with Gasteiger partial charge in [-0.1, -0.05) is 12.1 Å². The molecule has 0 fully saturated rings. The van der Waals surface area contributed by atoms with Crippen molar-refractivity contribution in [1.29, 1.82) is 0 Å². The molecule has 0 amide bonds. The van der Waals surface area contributed by atoms with E-state index in [4.69, 9.17) is 15.6 Å². The predicted octanol–water partition coefficient (Wildman–Crippen LogP) is 1.44. The van der Waals surface area contributed by atoms with Crippen LogP contribution in [0.1, 0.15) is 18.4 Å². The Labute approximate surface area is 88.7 Å². The zero-order valence-corrected chi connectivity index (χ0v) is 8.58. The summed E-state index contributed by atoms with van der Waals surface area (Å²) in [5.74, 6) is -0.153. The second-order valence-electron chi connectivity index (χ2n) is 3.21. The van der Waals surface area contributed by atoms with Crippen molar-refractivity contribution in [2.75, 3.05) is 13.2 Å². The van der Waals surface area contributed by atoms with Gasteiger partial charge in [-0.3, -0.25) is 0 Å². The summed E-state index contributed by atoms with van der Waals surface area (Å²) in [5.41, 5.74) is 6.13. The maximum Gasteiger partial charge on any atom is 0.165 e. The number of halogens is 1. The van der Waals surface area contributed by atoms with Crippen molar-refractivity contribution in [3.05, 3.63) is 29.6 Å². The molecule has 0 aliphatic carbocycles. The van der Waals surface area contributed by atoms with Crippen molar-refractivity contribution in [3.63, 3.8) is 0 Å². The largest absolute Gasteiger partial charge is 0.490 e. The third kappa shape index (κ3) is 3.49. The topological polar surface area (TPSA) is 55.5 Å².